The number of rotatable bonds is 7. The third kappa shape index (κ3) is 3.42. The highest BCUT2D eigenvalue weighted by atomic mass is 32.1. The maximum Gasteiger partial charge on any atom is 0.293 e. The molecule has 2 aromatic heterocycles. The van der Waals surface area contributed by atoms with Crippen molar-refractivity contribution in [3.05, 3.63) is 76.1 Å². The first-order chi connectivity index (χ1) is 16.5. The molecule has 0 fully saturated rings. The molecular weight excluding hydrogens is 454 g/mol. The zero-order valence-corrected chi connectivity index (χ0v) is 18.5. The van der Waals surface area contributed by atoms with E-state index < -0.39 is 16.7 Å². The molecule has 168 valence electrons. The number of carbonyl (C=O) groups excluding carboxylic acids is 2. The Labute approximate surface area is 197 Å². The number of benzene rings is 2. The van der Waals surface area contributed by atoms with Crippen LogP contribution in [0.5, 0.6) is 0 Å². The van der Waals surface area contributed by atoms with Crippen molar-refractivity contribution in [3.8, 4) is 0 Å². The summed E-state index contributed by atoms with van der Waals surface area (Å²) in [6.45, 7) is 0.828. The second-order valence-corrected chi connectivity index (χ2v) is 7.96. The molecule has 4 aromatic rings. The number of nitrogens with one attached hydrogen (secondary N) is 2. The lowest BCUT2D eigenvalue weighted by atomic mass is 9.95. The van der Waals surface area contributed by atoms with E-state index in [1.807, 2.05) is 24.3 Å². The molecule has 9 nitrogen and oxygen atoms in total. The van der Waals surface area contributed by atoms with Crippen LogP contribution in [-0.4, -0.2) is 38.0 Å². The Hall–Kier alpha value is -4.40. The van der Waals surface area contributed by atoms with Crippen LogP contribution in [0.3, 0.4) is 0 Å². The molecule has 0 saturated heterocycles. The summed E-state index contributed by atoms with van der Waals surface area (Å²) >= 11 is 4.60. The van der Waals surface area contributed by atoms with Crippen LogP contribution in [0, 0.1) is 10.1 Å². The average Bonchev–Trinajstić information content (AvgIpc) is 3.49. The van der Waals surface area contributed by atoms with Crippen molar-refractivity contribution in [1.82, 2.24) is 14.9 Å². The molecule has 0 spiro atoms. The molecule has 3 heterocycles. The maximum atomic E-state index is 13.0. The number of para-hydroxylation sites is 2. The molecular formula is C24H17N5O4S. The Kier molecular flexibility index (Phi) is 5.37. The lowest BCUT2D eigenvalue weighted by Crippen LogP contribution is -2.22. The van der Waals surface area contributed by atoms with Gasteiger partial charge in [0, 0.05) is 52.4 Å². The smallest absolute Gasteiger partial charge is 0.293 e. The summed E-state index contributed by atoms with van der Waals surface area (Å²) in [4.78, 5) is 44.3. The van der Waals surface area contributed by atoms with Gasteiger partial charge in [-0.3, -0.25) is 25.0 Å². The minimum absolute atomic E-state index is 0.0824. The molecule has 1 aliphatic heterocycles. The second-order valence-electron chi connectivity index (χ2n) is 7.77. The topological polar surface area (TPSA) is 122 Å². The molecule has 34 heavy (non-hydrogen) atoms. The zero-order valence-electron chi connectivity index (χ0n) is 17.7. The first kappa shape index (κ1) is 21.4. The van der Waals surface area contributed by atoms with Gasteiger partial charge in [-0.2, -0.15) is 0 Å². The van der Waals surface area contributed by atoms with Gasteiger partial charge in [0.05, 0.1) is 27.8 Å². The van der Waals surface area contributed by atoms with E-state index in [0.29, 0.717) is 41.5 Å². The number of aromatic amines is 1. The molecule has 0 atom stereocenters. The number of nitrogens with zero attached hydrogens (tertiary/aromatic N) is 3. The number of nitro groups is 1. The number of nitro benzene ring substituents is 1. The molecule has 0 unspecified atom stereocenters. The first-order valence-electron chi connectivity index (χ1n) is 10.5. The number of hydrogen-bond acceptors (Lipinski definition) is 6. The van der Waals surface area contributed by atoms with E-state index in [1.165, 1.54) is 6.07 Å². The predicted octanol–water partition coefficient (Wildman–Crippen LogP) is 4.09. The number of thiocarbonyl (C=S) groups is 1. The summed E-state index contributed by atoms with van der Waals surface area (Å²) in [5, 5.41) is 17.8. The van der Waals surface area contributed by atoms with Gasteiger partial charge in [-0.15, -0.1) is 0 Å². The normalized spacial score (nSPS) is 13.5. The standard InChI is InChI=1S/C24H17N5O4S/c30-23-20(16-11-26-18-7-2-1-5-14(16)18)21(24(31)27-23)17-12-28(10-4-9-25-13-34)22-15(17)6-3-8-19(22)29(32)33/h1-3,5-8,11-12,26H,4,9-10H2,(H,27,30,31). The van der Waals surface area contributed by atoms with Crippen molar-refractivity contribution in [1.29, 1.82) is 0 Å². The fourth-order valence-electron chi connectivity index (χ4n) is 4.48. The number of fused-ring (bicyclic) bond motifs is 2. The molecule has 0 radical (unpaired) electrons. The van der Waals surface area contributed by atoms with Crippen LogP contribution in [0.15, 0.2) is 59.9 Å². The van der Waals surface area contributed by atoms with Crippen LogP contribution in [0.2, 0.25) is 0 Å². The number of hydrogen-bond donors (Lipinski definition) is 2. The Morgan fingerprint density at radius 3 is 2.53 bits per heavy atom. The van der Waals surface area contributed by atoms with Crippen LogP contribution < -0.4 is 5.32 Å². The van der Waals surface area contributed by atoms with E-state index in [0.717, 1.165) is 10.9 Å². The number of isothiocyanates is 1. The van der Waals surface area contributed by atoms with Crippen molar-refractivity contribution in [2.45, 2.75) is 13.0 Å². The summed E-state index contributed by atoms with van der Waals surface area (Å²) in [5.41, 5.74) is 2.60. The fraction of sp³-hybridized carbons (Fsp3) is 0.125. The highest BCUT2D eigenvalue weighted by Crippen LogP contribution is 2.40. The van der Waals surface area contributed by atoms with E-state index in [1.54, 1.807) is 29.1 Å². The fourth-order valence-corrected chi connectivity index (χ4v) is 4.57. The van der Waals surface area contributed by atoms with Crippen molar-refractivity contribution in [3.63, 3.8) is 0 Å². The van der Waals surface area contributed by atoms with E-state index >= 15 is 0 Å². The van der Waals surface area contributed by atoms with Crippen LogP contribution in [-0.2, 0) is 16.1 Å². The van der Waals surface area contributed by atoms with E-state index in [2.05, 4.69) is 32.7 Å². The van der Waals surface area contributed by atoms with Gasteiger partial charge in [0.25, 0.3) is 17.5 Å². The van der Waals surface area contributed by atoms with Gasteiger partial charge < -0.3 is 9.55 Å². The Bertz CT molecular complexity index is 1590. The van der Waals surface area contributed by atoms with Gasteiger partial charge in [0.2, 0.25) is 0 Å². The third-order valence-corrected chi connectivity index (χ3v) is 6.00. The third-order valence-electron chi connectivity index (χ3n) is 5.87. The quantitative estimate of drug-likeness (QED) is 0.105. The van der Waals surface area contributed by atoms with Crippen LogP contribution in [0.1, 0.15) is 17.5 Å². The summed E-state index contributed by atoms with van der Waals surface area (Å²) in [6.07, 6.45) is 3.96. The summed E-state index contributed by atoms with van der Waals surface area (Å²) < 4.78 is 1.73. The van der Waals surface area contributed by atoms with Crippen molar-refractivity contribution in [2.75, 3.05) is 6.54 Å². The number of aliphatic imine (C=N–C) groups is 1. The van der Waals surface area contributed by atoms with Gasteiger partial charge in [-0.25, -0.2) is 4.99 Å². The Balaban J connectivity index is 1.77. The molecule has 0 saturated carbocycles. The number of aryl methyl sites for hydroxylation is 1. The van der Waals surface area contributed by atoms with Gasteiger partial charge >= 0.3 is 0 Å². The number of aromatic nitrogens is 2. The van der Waals surface area contributed by atoms with E-state index in [9.17, 15) is 19.7 Å². The number of imide groups is 1. The van der Waals surface area contributed by atoms with Crippen LogP contribution >= 0.6 is 12.2 Å². The van der Waals surface area contributed by atoms with E-state index in [-0.39, 0.29) is 16.8 Å². The van der Waals surface area contributed by atoms with Crippen LogP contribution in [0.25, 0.3) is 33.0 Å². The monoisotopic (exact) mass is 471 g/mol. The number of carbonyl (C=O) groups is 2. The van der Waals surface area contributed by atoms with Gasteiger partial charge in [0.15, 0.2) is 0 Å². The highest BCUT2D eigenvalue weighted by molar-refractivity contribution is 7.78. The van der Waals surface area contributed by atoms with Crippen molar-refractivity contribution in [2.24, 2.45) is 4.99 Å². The van der Waals surface area contributed by atoms with E-state index in [4.69, 9.17) is 0 Å². The molecule has 2 aromatic carbocycles. The molecule has 0 bridgehead atoms. The molecule has 2 amide bonds. The average molecular weight is 471 g/mol. The summed E-state index contributed by atoms with van der Waals surface area (Å²) in [5.74, 6) is -1.05. The predicted molar refractivity (Wildman–Crippen MR) is 131 cm³/mol. The first-order valence-corrected chi connectivity index (χ1v) is 10.9. The molecule has 5 rings (SSSR count). The Morgan fingerprint density at radius 2 is 1.76 bits per heavy atom. The second kappa shape index (κ2) is 8.51. The molecule has 2 N–H and O–H groups in total. The highest BCUT2D eigenvalue weighted by Gasteiger charge is 2.35. The lowest BCUT2D eigenvalue weighted by Gasteiger charge is -2.04. The number of amides is 2. The SMILES string of the molecule is O=C1NC(=O)C(c2cn(CCCN=C=S)c3c([N+](=O)[O-])cccc23)=C1c1c[nH]c2ccccc12. The Morgan fingerprint density at radius 1 is 1.03 bits per heavy atom. The van der Waals surface area contributed by atoms with Crippen molar-refractivity contribution >= 4 is 67.8 Å². The molecule has 10 heteroatoms. The largest absolute Gasteiger partial charge is 0.361 e. The van der Waals surface area contributed by atoms with Gasteiger partial charge in [-0.05, 0) is 24.7 Å². The van der Waals surface area contributed by atoms with Crippen LogP contribution in [0.4, 0.5) is 5.69 Å². The minimum Gasteiger partial charge on any atom is -0.361 e. The molecule has 0 aliphatic carbocycles. The zero-order chi connectivity index (χ0) is 23.8. The minimum atomic E-state index is -0.541. The van der Waals surface area contributed by atoms with Gasteiger partial charge in [0.1, 0.15) is 5.52 Å². The lowest BCUT2D eigenvalue weighted by molar-refractivity contribution is -0.383. The number of H-pyrrole nitrogens is 1. The maximum absolute atomic E-state index is 13.0. The molecule has 1 aliphatic rings. The van der Waals surface area contributed by atoms with Crippen molar-refractivity contribution < 1.29 is 14.5 Å². The van der Waals surface area contributed by atoms with Gasteiger partial charge in [-0.1, -0.05) is 30.3 Å². The summed E-state index contributed by atoms with van der Waals surface area (Å²) in [7, 11) is 0. The summed E-state index contributed by atoms with van der Waals surface area (Å²) in [6, 6.07) is 12.2. The number of non-ortho nitro benzene ring substituents is 1.